The summed E-state index contributed by atoms with van der Waals surface area (Å²) in [4.78, 5) is 0. The Morgan fingerprint density at radius 1 is 0.541 bits per heavy atom. The zero-order chi connectivity index (χ0) is 24.9. The van der Waals surface area contributed by atoms with Crippen LogP contribution in [0.2, 0.25) is 0 Å². The Morgan fingerprint density at radius 3 is 1.95 bits per heavy atom. The molecule has 0 bridgehead atoms. The van der Waals surface area contributed by atoms with E-state index in [9.17, 15) is 0 Å². The van der Waals surface area contributed by atoms with Gasteiger partial charge in [0.05, 0.1) is 0 Å². The molecule has 2 nitrogen and oxygen atoms in total. The lowest BCUT2D eigenvalue weighted by Crippen LogP contribution is -2.09. The van der Waals surface area contributed by atoms with E-state index in [-0.39, 0.29) is 0 Å². The normalized spacial score (nSPS) is 14.2. The molecule has 5 aromatic rings. The summed E-state index contributed by atoms with van der Waals surface area (Å²) in [7, 11) is 0. The highest BCUT2D eigenvalue weighted by Crippen LogP contribution is 2.39. The number of rotatable bonds is 8. The van der Waals surface area contributed by atoms with E-state index in [1.807, 2.05) is 24.3 Å². The van der Waals surface area contributed by atoms with Gasteiger partial charge in [-0.1, -0.05) is 117 Å². The zero-order valence-corrected chi connectivity index (χ0v) is 21.4. The van der Waals surface area contributed by atoms with Crippen molar-refractivity contribution in [2.45, 2.75) is 51.7 Å². The Kier molecular flexibility index (Phi) is 7.07. The van der Waals surface area contributed by atoms with Crippen molar-refractivity contribution in [1.29, 1.82) is 0 Å². The molecule has 1 aliphatic carbocycles. The van der Waals surface area contributed by atoms with E-state index in [4.69, 9.17) is 9.47 Å². The number of hydrogen-bond acceptors (Lipinski definition) is 2. The molecule has 1 fully saturated rings. The van der Waals surface area contributed by atoms with Crippen LogP contribution in [-0.2, 0) is 19.6 Å². The monoisotopic (exact) mass is 486 g/mol. The maximum absolute atomic E-state index is 6.50. The van der Waals surface area contributed by atoms with Crippen LogP contribution in [0.25, 0.3) is 21.5 Å². The van der Waals surface area contributed by atoms with Gasteiger partial charge in [-0.15, -0.1) is 0 Å². The van der Waals surface area contributed by atoms with Gasteiger partial charge >= 0.3 is 0 Å². The Labute approximate surface area is 219 Å². The lowest BCUT2D eigenvalue weighted by atomic mass is 9.84. The molecule has 0 radical (unpaired) electrons. The molecule has 0 atom stereocenters. The Morgan fingerprint density at radius 2 is 1.22 bits per heavy atom. The summed E-state index contributed by atoms with van der Waals surface area (Å²) >= 11 is 0. The molecular formula is C35H34O2. The molecule has 0 spiro atoms. The molecule has 37 heavy (non-hydrogen) atoms. The molecule has 1 aliphatic rings. The van der Waals surface area contributed by atoms with E-state index >= 15 is 0 Å². The van der Waals surface area contributed by atoms with Gasteiger partial charge < -0.3 is 9.47 Å². The molecule has 0 heterocycles. The number of fused-ring (bicyclic) bond motifs is 2. The molecule has 5 aromatic carbocycles. The van der Waals surface area contributed by atoms with E-state index in [1.165, 1.54) is 60.2 Å². The first kappa shape index (κ1) is 23.6. The van der Waals surface area contributed by atoms with Gasteiger partial charge in [-0.2, -0.15) is 0 Å². The van der Waals surface area contributed by atoms with E-state index in [2.05, 4.69) is 78.9 Å². The van der Waals surface area contributed by atoms with Crippen molar-refractivity contribution < 1.29 is 9.47 Å². The molecule has 0 aromatic heterocycles. The van der Waals surface area contributed by atoms with Gasteiger partial charge in [0.25, 0.3) is 0 Å². The Bertz CT molecular complexity index is 1470. The molecule has 0 amide bonds. The van der Waals surface area contributed by atoms with Crippen molar-refractivity contribution in [3.63, 3.8) is 0 Å². The molecule has 0 unspecified atom stereocenters. The number of benzene rings is 5. The topological polar surface area (TPSA) is 18.5 Å². The Balaban J connectivity index is 1.36. The van der Waals surface area contributed by atoms with Crippen LogP contribution < -0.4 is 9.47 Å². The van der Waals surface area contributed by atoms with Crippen LogP contribution >= 0.6 is 0 Å². The quantitative estimate of drug-likeness (QED) is 0.203. The molecule has 0 N–H and O–H groups in total. The fourth-order valence-corrected chi connectivity index (χ4v) is 5.65. The van der Waals surface area contributed by atoms with Gasteiger partial charge in [0.2, 0.25) is 0 Å². The minimum atomic E-state index is 0.501. The molecule has 0 aliphatic heterocycles. The van der Waals surface area contributed by atoms with Crippen molar-refractivity contribution in [2.75, 3.05) is 0 Å². The van der Waals surface area contributed by atoms with Gasteiger partial charge in [-0.25, -0.2) is 0 Å². The molecule has 0 saturated heterocycles. The minimum Gasteiger partial charge on any atom is -0.485 e. The van der Waals surface area contributed by atoms with Crippen LogP contribution in [0, 0.1) is 5.92 Å². The summed E-state index contributed by atoms with van der Waals surface area (Å²) in [5, 5.41) is 4.81. The summed E-state index contributed by atoms with van der Waals surface area (Å²) in [5.41, 5.74) is 3.73. The molecule has 1 saturated carbocycles. The summed E-state index contributed by atoms with van der Waals surface area (Å²) in [6, 6.07) is 36.4. The second-order valence-corrected chi connectivity index (χ2v) is 10.4. The van der Waals surface area contributed by atoms with Crippen LogP contribution in [0.1, 0.15) is 48.8 Å². The van der Waals surface area contributed by atoms with E-state index in [0.717, 1.165) is 33.9 Å². The largest absolute Gasteiger partial charge is 0.485 e. The zero-order valence-electron chi connectivity index (χ0n) is 21.4. The van der Waals surface area contributed by atoms with Gasteiger partial charge in [0.15, 0.2) is 11.5 Å². The van der Waals surface area contributed by atoms with E-state index < -0.39 is 0 Å². The SMILES string of the molecule is c1ccc(COc2ccc3cc4ccc(CC5CCCCC5)cc4cc3c2OCc2ccccc2)cc1. The first-order valence-electron chi connectivity index (χ1n) is 13.6. The fourth-order valence-electron chi connectivity index (χ4n) is 5.65. The maximum Gasteiger partial charge on any atom is 0.169 e. The minimum absolute atomic E-state index is 0.501. The van der Waals surface area contributed by atoms with Gasteiger partial charge in [0, 0.05) is 5.39 Å². The number of hydrogen-bond donors (Lipinski definition) is 0. The molecule has 6 rings (SSSR count). The lowest BCUT2D eigenvalue weighted by Gasteiger charge is -2.21. The lowest BCUT2D eigenvalue weighted by molar-refractivity contribution is 0.259. The van der Waals surface area contributed by atoms with Crippen molar-refractivity contribution in [3.05, 3.63) is 120 Å². The number of ether oxygens (including phenoxy) is 2. The van der Waals surface area contributed by atoms with Crippen LogP contribution in [0.5, 0.6) is 11.5 Å². The second-order valence-electron chi connectivity index (χ2n) is 10.4. The van der Waals surface area contributed by atoms with Crippen molar-refractivity contribution in [2.24, 2.45) is 5.92 Å². The van der Waals surface area contributed by atoms with Crippen molar-refractivity contribution in [3.8, 4) is 11.5 Å². The van der Waals surface area contributed by atoms with E-state index in [0.29, 0.717) is 13.2 Å². The standard InChI is InChI=1S/C35H34O2/c1-4-10-26(11-5-1)20-29-16-17-30-22-31-18-19-34(36-24-27-12-6-2-7-13-27)35(33(31)23-32(30)21-29)37-25-28-14-8-3-9-15-28/h2-3,6-9,12-19,21-23,26H,1,4-5,10-11,20,24-25H2. The maximum atomic E-state index is 6.50. The second kappa shape index (κ2) is 11.1. The van der Waals surface area contributed by atoms with Crippen LogP contribution in [0.15, 0.2) is 103 Å². The highest BCUT2D eigenvalue weighted by molar-refractivity contribution is 6.02. The highest BCUT2D eigenvalue weighted by Gasteiger charge is 2.16. The van der Waals surface area contributed by atoms with Gasteiger partial charge in [0.1, 0.15) is 13.2 Å². The predicted octanol–water partition coefficient (Wildman–Crippen LogP) is 9.27. The van der Waals surface area contributed by atoms with Gasteiger partial charge in [-0.05, 0) is 63.4 Å². The van der Waals surface area contributed by atoms with E-state index in [1.54, 1.807) is 0 Å². The Hall–Kier alpha value is -3.78. The van der Waals surface area contributed by atoms with Crippen LogP contribution in [-0.4, -0.2) is 0 Å². The highest BCUT2D eigenvalue weighted by atomic mass is 16.5. The first-order chi connectivity index (χ1) is 18.3. The molecular weight excluding hydrogens is 452 g/mol. The van der Waals surface area contributed by atoms with Crippen molar-refractivity contribution in [1.82, 2.24) is 0 Å². The third-order valence-corrected chi connectivity index (χ3v) is 7.67. The smallest absolute Gasteiger partial charge is 0.169 e. The summed E-state index contributed by atoms with van der Waals surface area (Å²) in [6.07, 6.45) is 8.10. The summed E-state index contributed by atoms with van der Waals surface area (Å²) in [6.45, 7) is 1.01. The summed E-state index contributed by atoms with van der Waals surface area (Å²) < 4.78 is 12.8. The average Bonchev–Trinajstić information content (AvgIpc) is 2.96. The average molecular weight is 487 g/mol. The van der Waals surface area contributed by atoms with Gasteiger partial charge in [-0.3, -0.25) is 0 Å². The van der Waals surface area contributed by atoms with Crippen LogP contribution in [0.4, 0.5) is 0 Å². The third-order valence-electron chi connectivity index (χ3n) is 7.67. The van der Waals surface area contributed by atoms with Crippen LogP contribution in [0.3, 0.4) is 0 Å². The molecule has 2 heteroatoms. The first-order valence-corrected chi connectivity index (χ1v) is 13.6. The summed E-state index contributed by atoms with van der Waals surface area (Å²) in [5.74, 6) is 2.43. The van der Waals surface area contributed by atoms with Crippen molar-refractivity contribution >= 4 is 21.5 Å². The predicted molar refractivity (Wildman–Crippen MR) is 153 cm³/mol. The third kappa shape index (κ3) is 5.64. The molecule has 186 valence electrons. The fraction of sp³-hybridized carbons (Fsp3) is 0.257.